The first-order chi connectivity index (χ1) is 13.5. The first-order valence-corrected chi connectivity index (χ1v) is 9.23. The van der Waals surface area contributed by atoms with Gasteiger partial charge in [-0.1, -0.05) is 0 Å². The van der Waals surface area contributed by atoms with Crippen LogP contribution in [0.4, 0.5) is 0 Å². The lowest BCUT2D eigenvalue weighted by molar-refractivity contribution is -0.137. The van der Waals surface area contributed by atoms with Crippen molar-refractivity contribution in [3.8, 4) is 12.3 Å². The number of rotatable bonds is 8. The highest BCUT2D eigenvalue weighted by molar-refractivity contribution is 5.92. The van der Waals surface area contributed by atoms with Crippen LogP contribution in [0.5, 0.6) is 0 Å². The Morgan fingerprint density at radius 2 is 2.18 bits per heavy atom. The number of hydrogen-bond donors (Lipinski definition) is 3. The topological polar surface area (TPSA) is 116 Å². The van der Waals surface area contributed by atoms with Gasteiger partial charge in [-0.25, -0.2) is 4.98 Å². The molecule has 1 fully saturated rings. The number of aromatic nitrogens is 2. The minimum atomic E-state index is -0.787. The summed E-state index contributed by atoms with van der Waals surface area (Å²) in [5.74, 6) is 1.59. The normalized spacial score (nSPS) is 18.0. The summed E-state index contributed by atoms with van der Waals surface area (Å²) in [6.07, 6.45) is 11.4. The van der Waals surface area contributed by atoms with E-state index in [1.807, 2.05) is 0 Å². The maximum absolute atomic E-state index is 13.0. The molecular weight excluding hydrogens is 360 g/mol. The highest BCUT2D eigenvalue weighted by atomic mass is 16.2. The van der Waals surface area contributed by atoms with Gasteiger partial charge < -0.3 is 20.9 Å². The second-order valence-electron chi connectivity index (χ2n) is 6.61. The van der Waals surface area contributed by atoms with Crippen molar-refractivity contribution in [2.24, 2.45) is 0 Å². The summed E-state index contributed by atoms with van der Waals surface area (Å²) >= 11 is 0. The van der Waals surface area contributed by atoms with Crippen LogP contribution in [0.2, 0.25) is 0 Å². The molecule has 0 unspecified atom stereocenters. The molecule has 2 heterocycles. The number of likely N-dealkylation sites (tertiary alicyclic amines) is 1. The van der Waals surface area contributed by atoms with Gasteiger partial charge >= 0.3 is 0 Å². The SMILES string of the molecule is C#CC[C@H](NC(=O)[C@H](C)NC)C(=O)N1CCC[C@H]1CNC(=O)c1cnccn1. The lowest BCUT2D eigenvalue weighted by atomic mass is 10.1. The number of hydrogen-bond acceptors (Lipinski definition) is 6. The fourth-order valence-electron chi connectivity index (χ4n) is 3.00. The van der Waals surface area contributed by atoms with Crippen molar-refractivity contribution in [2.75, 3.05) is 20.1 Å². The average Bonchev–Trinajstić information content (AvgIpc) is 3.19. The van der Waals surface area contributed by atoms with E-state index in [0.717, 1.165) is 12.8 Å². The Labute approximate surface area is 164 Å². The van der Waals surface area contributed by atoms with Crippen LogP contribution in [0.15, 0.2) is 18.6 Å². The van der Waals surface area contributed by atoms with E-state index < -0.39 is 12.1 Å². The Morgan fingerprint density at radius 3 is 2.82 bits per heavy atom. The van der Waals surface area contributed by atoms with E-state index >= 15 is 0 Å². The second kappa shape index (κ2) is 10.4. The third-order valence-corrected chi connectivity index (χ3v) is 4.72. The Kier molecular flexibility index (Phi) is 7.89. The summed E-state index contributed by atoms with van der Waals surface area (Å²) < 4.78 is 0. The molecule has 3 atom stereocenters. The van der Waals surface area contributed by atoms with Crippen molar-refractivity contribution >= 4 is 17.7 Å². The van der Waals surface area contributed by atoms with Gasteiger partial charge in [0.25, 0.3) is 5.91 Å². The van der Waals surface area contributed by atoms with E-state index in [-0.39, 0.29) is 35.9 Å². The van der Waals surface area contributed by atoms with Crippen molar-refractivity contribution in [3.63, 3.8) is 0 Å². The first-order valence-electron chi connectivity index (χ1n) is 9.23. The van der Waals surface area contributed by atoms with E-state index in [1.165, 1.54) is 18.6 Å². The molecule has 1 aromatic heterocycles. The van der Waals surface area contributed by atoms with Crippen LogP contribution < -0.4 is 16.0 Å². The molecule has 0 aliphatic carbocycles. The van der Waals surface area contributed by atoms with Crippen LogP contribution in [0.1, 0.15) is 36.7 Å². The second-order valence-corrected chi connectivity index (χ2v) is 6.61. The van der Waals surface area contributed by atoms with Gasteiger partial charge in [0.05, 0.1) is 12.2 Å². The highest BCUT2D eigenvalue weighted by Gasteiger charge is 2.34. The zero-order valence-electron chi connectivity index (χ0n) is 16.1. The molecule has 150 valence electrons. The number of nitrogens with one attached hydrogen (secondary N) is 3. The van der Waals surface area contributed by atoms with Gasteiger partial charge in [0.15, 0.2) is 0 Å². The fourth-order valence-corrected chi connectivity index (χ4v) is 3.00. The van der Waals surface area contributed by atoms with Crippen molar-refractivity contribution in [3.05, 3.63) is 24.3 Å². The molecule has 9 heteroatoms. The minimum absolute atomic E-state index is 0.107. The maximum atomic E-state index is 13.0. The van der Waals surface area contributed by atoms with Gasteiger partial charge in [0, 0.05) is 37.9 Å². The number of amides is 3. The van der Waals surface area contributed by atoms with Gasteiger partial charge in [-0.15, -0.1) is 12.3 Å². The van der Waals surface area contributed by atoms with E-state index in [0.29, 0.717) is 13.1 Å². The summed E-state index contributed by atoms with van der Waals surface area (Å²) in [6, 6.07) is -1.38. The molecule has 0 aromatic carbocycles. The molecule has 0 radical (unpaired) electrons. The molecule has 28 heavy (non-hydrogen) atoms. The smallest absolute Gasteiger partial charge is 0.271 e. The molecule has 9 nitrogen and oxygen atoms in total. The molecule has 0 saturated carbocycles. The molecule has 1 aliphatic heterocycles. The number of carbonyl (C=O) groups is 3. The van der Waals surface area contributed by atoms with Crippen molar-refractivity contribution in [1.29, 1.82) is 0 Å². The Morgan fingerprint density at radius 1 is 1.39 bits per heavy atom. The predicted octanol–water partition coefficient (Wildman–Crippen LogP) is -0.687. The standard InChI is InChI=1S/C19H26N6O3/c1-4-6-15(24-17(26)13(2)20-3)19(28)25-10-5-7-14(25)11-23-18(27)16-12-21-8-9-22-16/h1,8-9,12-15,20H,5-7,10-11H2,2-3H3,(H,23,27)(H,24,26)/t13-,14-,15-/m0/s1. The van der Waals surface area contributed by atoms with E-state index in [9.17, 15) is 14.4 Å². The molecular formula is C19H26N6O3. The quantitative estimate of drug-likeness (QED) is 0.510. The number of carbonyl (C=O) groups excluding carboxylic acids is 3. The Bertz CT molecular complexity index is 733. The fraction of sp³-hybridized carbons (Fsp3) is 0.526. The lowest BCUT2D eigenvalue weighted by Crippen LogP contribution is -2.54. The molecule has 3 N–H and O–H groups in total. The summed E-state index contributed by atoms with van der Waals surface area (Å²) in [6.45, 7) is 2.56. The molecule has 0 spiro atoms. The molecule has 3 amide bonds. The minimum Gasteiger partial charge on any atom is -0.349 e. The lowest BCUT2D eigenvalue weighted by Gasteiger charge is -2.29. The van der Waals surface area contributed by atoms with E-state index in [1.54, 1.807) is 18.9 Å². The van der Waals surface area contributed by atoms with Crippen LogP contribution in [0.25, 0.3) is 0 Å². The molecule has 2 rings (SSSR count). The highest BCUT2D eigenvalue weighted by Crippen LogP contribution is 2.18. The molecule has 1 aliphatic rings. The Balaban J connectivity index is 1.98. The van der Waals surface area contributed by atoms with Crippen LogP contribution in [-0.4, -0.2) is 70.9 Å². The molecule has 1 aromatic rings. The van der Waals surface area contributed by atoms with Crippen LogP contribution in [-0.2, 0) is 9.59 Å². The van der Waals surface area contributed by atoms with Gasteiger partial charge in [0.1, 0.15) is 11.7 Å². The third kappa shape index (κ3) is 5.50. The van der Waals surface area contributed by atoms with Gasteiger partial charge in [-0.05, 0) is 26.8 Å². The summed E-state index contributed by atoms with van der Waals surface area (Å²) in [7, 11) is 1.67. The van der Waals surface area contributed by atoms with Crippen LogP contribution in [0, 0.1) is 12.3 Å². The average molecular weight is 386 g/mol. The summed E-state index contributed by atoms with van der Waals surface area (Å²) in [4.78, 5) is 46.8. The molecule has 0 bridgehead atoms. The number of terminal acetylenes is 1. The third-order valence-electron chi connectivity index (χ3n) is 4.72. The van der Waals surface area contributed by atoms with Crippen LogP contribution >= 0.6 is 0 Å². The zero-order chi connectivity index (χ0) is 20.5. The predicted molar refractivity (Wildman–Crippen MR) is 103 cm³/mol. The van der Waals surface area contributed by atoms with Crippen molar-refractivity contribution in [1.82, 2.24) is 30.8 Å². The van der Waals surface area contributed by atoms with Gasteiger partial charge in [0.2, 0.25) is 11.8 Å². The van der Waals surface area contributed by atoms with Crippen LogP contribution in [0.3, 0.4) is 0 Å². The zero-order valence-corrected chi connectivity index (χ0v) is 16.1. The van der Waals surface area contributed by atoms with Crippen molar-refractivity contribution in [2.45, 2.75) is 44.3 Å². The maximum Gasteiger partial charge on any atom is 0.271 e. The van der Waals surface area contributed by atoms with E-state index in [4.69, 9.17) is 6.42 Å². The molecule has 1 saturated heterocycles. The summed E-state index contributed by atoms with van der Waals surface area (Å²) in [5.41, 5.74) is 0.219. The van der Waals surface area contributed by atoms with Crippen molar-refractivity contribution < 1.29 is 14.4 Å². The van der Waals surface area contributed by atoms with E-state index in [2.05, 4.69) is 31.8 Å². The largest absolute Gasteiger partial charge is 0.349 e. The number of likely N-dealkylation sites (N-methyl/N-ethyl adjacent to an activating group) is 1. The Hall–Kier alpha value is -2.99. The van der Waals surface area contributed by atoms with Gasteiger partial charge in [-0.2, -0.15) is 0 Å². The first kappa shape index (κ1) is 21.3. The monoisotopic (exact) mass is 386 g/mol. The van der Waals surface area contributed by atoms with Gasteiger partial charge in [-0.3, -0.25) is 19.4 Å². The number of nitrogens with zero attached hydrogens (tertiary/aromatic N) is 3. The summed E-state index contributed by atoms with van der Waals surface area (Å²) in [5, 5.41) is 8.34.